The third-order valence-electron chi connectivity index (χ3n) is 2.42. The molecule has 1 amide bonds. The molecule has 0 aliphatic carbocycles. The van der Waals surface area contributed by atoms with Crippen LogP contribution in [-0.2, 0) is 0 Å². The molecule has 7 nitrogen and oxygen atoms in total. The van der Waals surface area contributed by atoms with E-state index in [1.54, 1.807) is 12.1 Å². The smallest absolute Gasteiger partial charge is 0.410 e. The van der Waals surface area contributed by atoms with E-state index in [9.17, 15) is 14.9 Å². The van der Waals surface area contributed by atoms with E-state index >= 15 is 0 Å². The molecule has 0 radical (unpaired) electrons. The van der Waals surface area contributed by atoms with Gasteiger partial charge in [0.15, 0.2) is 0 Å². The van der Waals surface area contributed by atoms with Crippen molar-refractivity contribution in [2.75, 3.05) is 5.32 Å². The summed E-state index contributed by atoms with van der Waals surface area (Å²) in [6, 6.07) is 9.53. The molecule has 1 N–H and O–H groups in total. The van der Waals surface area contributed by atoms with E-state index < -0.39 is 11.0 Å². The maximum atomic E-state index is 11.6. The van der Waals surface area contributed by atoms with E-state index in [0.717, 1.165) is 11.8 Å². The van der Waals surface area contributed by atoms with Crippen molar-refractivity contribution in [2.24, 2.45) is 0 Å². The van der Waals surface area contributed by atoms with Crippen molar-refractivity contribution < 1.29 is 14.5 Å². The normalized spacial score (nSPS) is 9.85. The number of aromatic nitrogens is 1. The van der Waals surface area contributed by atoms with Gasteiger partial charge in [-0.05, 0) is 25.1 Å². The first-order chi connectivity index (χ1) is 9.54. The molecule has 1 aromatic heterocycles. The topological polar surface area (TPSA) is 94.4 Å². The zero-order valence-corrected chi connectivity index (χ0v) is 10.6. The fourth-order valence-electron chi connectivity index (χ4n) is 1.41. The highest BCUT2D eigenvalue weighted by Gasteiger charge is 2.09. The lowest BCUT2D eigenvalue weighted by Gasteiger charge is -2.05. The molecule has 1 aromatic carbocycles. The highest BCUT2D eigenvalue weighted by Crippen LogP contribution is 2.14. The molecular weight excluding hydrogens is 262 g/mol. The van der Waals surface area contributed by atoms with Crippen LogP contribution < -0.4 is 10.1 Å². The van der Waals surface area contributed by atoms with Gasteiger partial charge in [-0.3, -0.25) is 15.4 Å². The number of hydrogen-bond acceptors (Lipinski definition) is 5. The number of benzene rings is 1. The van der Waals surface area contributed by atoms with E-state index in [-0.39, 0.29) is 11.5 Å². The average molecular weight is 273 g/mol. The van der Waals surface area contributed by atoms with Gasteiger partial charge in [0.2, 0.25) is 0 Å². The lowest BCUT2D eigenvalue weighted by Crippen LogP contribution is -2.17. The number of carbonyl (C=O) groups is 1. The first-order valence-electron chi connectivity index (χ1n) is 5.70. The van der Waals surface area contributed by atoms with Crippen LogP contribution in [0.5, 0.6) is 5.75 Å². The van der Waals surface area contributed by atoms with E-state index in [0.29, 0.717) is 5.75 Å². The maximum absolute atomic E-state index is 11.6. The zero-order chi connectivity index (χ0) is 14.5. The predicted molar refractivity (Wildman–Crippen MR) is 71.7 cm³/mol. The van der Waals surface area contributed by atoms with Crippen LogP contribution in [0.1, 0.15) is 5.56 Å². The van der Waals surface area contributed by atoms with Crippen molar-refractivity contribution >= 4 is 17.6 Å². The molecule has 0 fully saturated rings. The van der Waals surface area contributed by atoms with Crippen LogP contribution in [0.15, 0.2) is 42.6 Å². The molecule has 0 aliphatic rings. The molecule has 1 heterocycles. The Balaban J connectivity index is 1.97. The Bertz CT molecular complexity index is 623. The van der Waals surface area contributed by atoms with Crippen molar-refractivity contribution in [3.63, 3.8) is 0 Å². The number of nitrogens with one attached hydrogen (secondary N) is 1. The number of hydrogen-bond donors (Lipinski definition) is 1. The molecule has 0 aliphatic heterocycles. The second-order valence-electron chi connectivity index (χ2n) is 3.99. The Morgan fingerprint density at radius 3 is 2.50 bits per heavy atom. The summed E-state index contributed by atoms with van der Waals surface area (Å²) in [5.74, 6) is 0.572. The van der Waals surface area contributed by atoms with Crippen LogP contribution in [0.3, 0.4) is 0 Å². The van der Waals surface area contributed by atoms with E-state index in [1.165, 1.54) is 12.1 Å². The van der Waals surface area contributed by atoms with Crippen LogP contribution in [-0.4, -0.2) is 16.0 Å². The lowest BCUT2D eigenvalue weighted by molar-refractivity contribution is -0.385. The number of anilines is 1. The minimum absolute atomic E-state index is 0.151. The number of amides is 1. The second kappa shape index (κ2) is 5.79. The van der Waals surface area contributed by atoms with Crippen molar-refractivity contribution in [1.82, 2.24) is 4.98 Å². The molecule has 0 saturated heterocycles. The lowest BCUT2D eigenvalue weighted by atomic mass is 10.2. The van der Waals surface area contributed by atoms with Gasteiger partial charge in [0.1, 0.15) is 17.8 Å². The van der Waals surface area contributed by atoms with Gasteiger partial charge in [-0.15, -0.1) is 0 Å². The van der Waals surface area contributed by atoms with Crippen LogP contribution in [0.2, 0.25) is 0 Å². The Morgan fingerprint density at radius 2 is 1.95 bits per heavy atom. The van der Waals surface area contributed by atoms with Gasteiger partial charge >= 0.3 is 6.09 Å². The minimum atomic E-state index is -0.713. The van der Waals surface area contributed by atoms with Crippen molar-refractivity contribution in [1.29, 1.82) is 0 Å². The quantitative estimate of drug-likeness (QED) is 0.685. The number of aryl methyl sites for hydroxylation is 1. The van der Waals surface area contributed by atoms with Gasteiger partial charge in [-0.2, -0.15) is 0 Å². The largest absolute Gasteiger partial charge is 0.418 e. The van der Waals surface area contributed by atoms with E-state index in [4.69, 9.17) is 4.74 Å². The van der Waals surface area contributed by atoms with Crippen molar-refractivity contribution in [2.45, 2.75) is 6.92 Å². The minimum Gasteiger partial charge on any atom is -0.410 e. The van der Waals surface area contributed by atoms with Crippen LogP contribution in [0.25, 0.3) is 0 Å². The summed E-state index contributed by atoms with van der Waals surface area (Å²) in [7, 11) is 0. The third kappa shape index (κ3) is 3.52. The molecule has 0 spiro atoms. The maximum Gasteiger partial charge on any atom is 0.418 e. The highest BCUT2D eigenvalue weighted by atomic mass is 16.6. The number of nitro groups is 1. The molecular formula is C13H11N3O4. The SMILES string of the molecule is Cc1ccc(OC(=O)Nc2ccc([N+](=O)[O-])cn2)cc1. The summed E-state index contributed by atoms with van der Waals surface area (Å²) < 4.78 is 5.03. The summed E-state index contributed by atoms with van der Waals surface area (Å²) >= 11 is 0. The van der Waals surface area contributed by atoms with Gasteiger partial charge < -0.3 is 4.74 Å². The van der Waals surface area contributed by atoms with Gasteiger partial charge in [-0.1, -0.05) is 17.7 Å². The molecule has 0 atom stereocenters. The molecule has 0 unspecified atom stereocenters. The van der Waals surface area contributed by atoms with E-state index in [2.05, 4.69) is 10.3 Å². The number of ether oxygens (including phenoxy) is 1. The first-order valence-corrected chi connectivity index (χ1v) is 5.70. The standard InChI is InChI=1S/C13H11N3O4/c1-9-2-5-11(6-3-9)20-13(17)15-12-7-4-10(8-14-12)16(18)19/h2-8H,1H3,(H,14,15,17). The Morgan fingerprint density at radius 1 is 1.25 bits per heavy atom. The fourth-order valence-corrected chi connectivity index (χ4v) is 1.41. The molecule has 7 heteroatoms. The second-order valence-corrected chi connectivity index (χ2v) is 3.99. The molecule has 0 bridgehead atoms. The van der Waals surface area contributed by atoms with Crippen LogP contribution >= 0.6 is 0 Å². The average Bonchev–Trinajstić information content (AvgIpc) is 2.42. The van der Waals surface area contributed by atoms with Crippen LogP contribution in [0.4, 0.5) is 16.3 Å². The summed E-state index contributed by atoms with van der Waals surface area (Å²) in [5, 5.41) is 12.8. The molecule has 0 saturated carbocycles. The summed E-state index contributed by atoms with van der Waals surface area (Å²) in [5.41, 5.74) is 0.900. The summed E-state index contributed by atoms with van der Waals surface area (Å²) in [6.07, 6.45) is 0.344. The monoisotopic (exact) mass is 273 g/mol. The third-order valence-corrected chi connectivity index (χ3v) is 2.42. The van der Waals surface area contributed by atoms with E-state index in [1.807, 2.05) is 19.1 Å². The summed E-state index contributed by atoms with van der Waals surface area (Å²) in [6.45, 7) is 1.92. The predicted octanol–water partition coefficient (Wildman–Crippen LogP) is 2.91. The first kappa shape index (κ1) is 13.5. The van der Waals surface area contributed by atoms with Crippen molar-refractivity contribution in [3.05, 3.63) is 58.3 Å². The van der Waals surface area contributed by atoms with Gasteiger partial charge in [0.05, 0.1) is 4.92 Å². The van der Waals surface area contributed by atoms with Crippen molar-refractivity contribution in [3.8, 4) is 5.75 Å². The van der Waals surface area contributed by atoms with Gasteiger partial charge in [0.25, 0.3) is 5.69 Å². The highest BCUT2D eigenvalue weighted by molar-refractivity contribution is 5.85. The number of carbonyl (C=O) groups excluding carboxylic acids is 1. The molecule has 20 heavy (non-hydrogen) atoms. The molecule has 2 rings (SSSR count). The Hall–Kier alpha value is -2.96. The van der Waals surface area contributed by atoms with Gasteiger partial charge in [0, 0.05) is 6.07 Å². The molecule has 102 valence electrons. The van der Waals surface area contributed by atoms with Gasteiger partial charge in [-0.25, -0.2) is 9.78 Å². The number of pyridine rings is 1. The Kier molecular flexibility index (Phi) is 3.90. The van der Waals surface area contributed by atoms with Crippen LogP contribution in [0, 0.1) is 17.0 Å². The summed E-state index contributed by atoms with van der Waals surface area (Å²) in [4.78, 5) is 25.2. The fraction of sp³-hybridized carbons (Fsp3) is 0.0769. The molecule has 2 aromatic rings. The zero-order valence-electron chi connectivity index (χ0n) is 10.6. The number of rotatable bonds is 3. The Labute approximate surface area is 114 Å². The number of nitrogens with zero attached hydrogens (tertiary/aromatic N) is 2.